The molecule has 0 aliphatic heterocycles. The number of halogens is 2. The highest BCUT2D eigenvalue weighted by atomic mass is 19.1. The smallest absolute Gasteiger partial charge is 0.163 e. The number of methoxy groups -OCH3 is 1. The number of hydrogen-bond donors (Lipinski definition) is 1. The minimum absolute atomic E-state index is 0.241. The predicted octanol–water partition coefficient (Wildman–Crippen LogP) is 3.66. The summed E-state index contributed by atoms with van der Waals surface area (Å²) in [5.41, 5.74) is 7.09. The summed E-state index contributed by atoms with van der Waals surface area (Å²) >= 11 is 0. The Kier molecular flexibility index (Phi) is 5.93. The molecule has 0 aliphatic rings. The fraction of sp³-hybridized carbons (Fsp3) is 0.333. The molecule has 0 saturated carbocycles. The lowest BCUT2D eigenvalue weighted by Crippen LogP contribution is -2.17. The lowest BCUT2D eigenvalue weighted by molar-refractivity contribution is 0.308. The first kappa shape index (κ1) is 17.2. The molecule has 0 spiro atoms. The van der Waals surface area contributed by atoms with E-state index in [1.807, 2.05) is 25.1 Å². The average molecular weight is 321 g/mol. The number of hydrogen-bond acceptors (Lipinski definition) is 3. The molecular weight excluding hydrogens is 300 g/mol. The topological polar surface area (TPSA) is 44.5 Å². The summed E-state index contributed by atoms with van der Waals surface area (Å²) in [5.74, 6) is -0.196. The van der Waals surface area contributed by atoms with Gasteiger partial charge in [-0.25, -0.2) is 8.78 Å². The van der Waals surface area contributed by atoms with Crippen molar-refractivity contribution in [2.75, 3.05) is 20.3 Å². The van der Waals surface area contributed by atoms with Crippen LogP contribution in [0.1, 0.15) is 24.0 Å². The van der Waals surface area contributed by atoms with Gasteiger partial charge in [0, 0.05) is 12.0 Å². The van der Waals surface area contributed by atoms with Crippen LogP contribution in [0.2, 0.25) is 0 Å². The van der Waals surface area contributed by atoms with E-state index in [1.54, 1.807) is 7.11 Å². The largest absolute Gasteiger partial charge is 0.493 e. The highest BCUT2D eigenvalue weighted by Gasteiger charge is 2.19. The summed E-state index contributed by atoms with van der Waals surface area (Å²) < 4.78 is 38.1. The second-order valence-corrected chi connectivity index (χ2v) is 5.18. The molecule has 2 aromatic rings. The van der Waals surface area contributed by atoms with Gasteiger partial charge in [-0.2, -0.15) is 0 Å². The van der Waals surface area contributed by atoms with Crippen molar-refractivity contribution in [1.29, 1.82) is 0 Å². The molecule has 0 amide bonds. The van der Waals surface area contributed by atoms with E-state index in [0.717, 1.165) is 11.6 Å². The zero-order valence-electron chi connectivity index (χ0n) is 13.3. The first-order valence-corrected chi connectivity index (χ1v) is 7.54. The van der Waals surface area contributed by atoms with Gasteiger partial charge in [0.25, 0.3) is 0 Å². The Hall–Kier alpha value is -2.14. The van der Waals surface area contributed by atoms with Gasteiger partial charge in [-0.3, -0.25) is 0 Å². The highest BCUT2D eigenvalue weighted by molar-refractivity contribution is 5.47. The maximum Gasteiger partial charge on any atom is 0.163 e. The summed E-state index contributed by atoms with van der Waals surface area (Å²) in [6.07, 6.45) is 0.475. The van der Waals surface area contributed by atoms with Gasteiger partial charge in [-0.1, -0.05) is 18.2 Å². The Morgan fingerprint density at radius 1 is 1.17 bits per heavy atom. The number of para-hydroxylation sites is 1. The van der Waals surface area contributed by atoms with Crippen LogP contribution < -0.4 is 15.2 Å². The van der Waals surface area contributed by atoms with Crippen molar-refractivity contribution in [2.24, 2.45) is 5.73 Å². The SMILES string of the molecule is CCOc1cccc(CC(CN)c2ccc(F)cc2F)c1OC. The van der Waals surface area contributed by atoms with Crippen molar-refractivity contribution in [3.05, 3.63) is 59.2 Å². The molecule has 0 saturated heterocycles. The molecule has 0 radical (unpaired) electrons. The molecule has 124 valence electrons. The van der Waals surface area contributed by atoms with Gasteiger partial charge in [0.15, 0.2) is 11.5 Å². The van der Waals surface area contributed by atoms with Gasteiger partial charge < -0.3 is 15.2 Å². The summed E-state index contributed by atoms with van der Waals surface area (Å²) in [7, 11) is 1.57. The minimum atomic E-state index is -0.599. The molecule has 0 bridgehead atoms. The van der Waals surface area contributed by atoms with E-state index < -0.39 is 11.6 Å². The van der Waals surface area contributed by atoms with Crippen LogP contribution >= 0.6 is 0 Å². The van der Waals surface area contributed by atoms with E-state index in [9.17, 15) is 8.78 Å². The Bertz CT molecular complexity index is 661. The minimum Gasteiger partial charge on any atom is -0.493 e. The zero-order valence-corrected chi connectivity index (χ0v) is 13.3. The van der Waals surface area contributed by atoms with E-state index in [-0.39, 0.29) is 12.5 Å². The zero-order chi connectivity index (χ0) is 16.8. The monoisotopic (exact) mass is 321 g/mol. The van der Waals surface area contributed by atoms with Gasteiger partial charge in [0.05, 0.1) is 13.7 Å². The van der Waals surface area contributed by atoms with Crippen LogP contribution in [0, 0.1) is 11.6 Å². The van der Waals surface area contributed by atoms with Crippen molar-refractivity contribution < 1.29 is 18.3 Å². The van der Waals surface area contributed by atoms with E-state index >= 15 is 0 Å². The Morgan fingerprint density at radius 3 is 2.57 bits per heavy atom. The third kappa shape index (κ3) is 3.99. The average Bonchev–Trinajstić information content (AvgIpc) is 2.53. The van der Waals surface area contributed by atoms with Crippen molar-refractivity contribution in [2.45, 2.75) is 19.3 Å². The van der Waals surface area contributed by atoms with Gasteiger partial charge in [0.1, 0.15) is 11.6 Å². The standard InChI is InChI=1S/C18H21F2NO2/c1-3-23-17-6-4-5-12(18(17)22-2)9-13(11-21)15-8-7-14(19)10-16(15)20/h4-8,10,13H,3,9,11,21H2,1-2H3. The first-order valence-electron chi connectivity index (χ1n) is 7.54. The van der Waals surface area contributed by atoms with Crippen molar-refractivity contribution >= 4 is 0 Å². The quantitative estimate of drug-likeness (QED) is 0.846. The molecule has 1 atom stereocenters. The van der Waals surface area contributed by atoms with Crippen LogP contribution in [0.15, 0.2) is 36.4 Å². The van der Waals surface area contributed by atoms with Crippen LogP contribution in [0.25, 0.3) is 0 Å². The van der Waals surface area contributed by atoms with Crippen molar-refractivity contribution in [3.8, 4) is 11.5 Å². The van der Waals surface area contributed by atoms with Crippen LogP contribution in [-0.2, 0) is 6.42 Å². The Labute approximate surface area is 135 Å². The van der Waals surface area contributed by atoms with Crippen LogP contribution in [0.4, 0.5) is 8.78 Å². The van der Waals surface area contributed by atoms with Gasteiger partial charge in [-0.05, 0) is 43.1 Å². The van der Waals surface area contributed by atoms with E-state index in [0.29, 0.717) is 30.1 Å². The lowest BCUT2D eigenvalue weighted by atomic mass is 9.91. The number of rotatable bonds is 7. The Morgan fingerprint density at radius 2 is 1.96 bits per heavy atom. The van der Waals surface area contributed by atoms with Crippen molar-refractivity contribution in [3.63, 3.8) is 0 Å². The summed E-state index contributed by atoms with van der Waals surface area (Å²) in [4.78, 5) is 0. The molecule has 23 heavy (non-hydrogen) atoms. The third-order valence-electron chi connectivity index (χ3n) is 3.72. The number of benzene rings is 2. The molecule has 0 heterocycles. The molecule has 2 rings (SSSR count). The van der Waals surface area contributed by atoms with Gasteiger partial charge >= 0.3 is 0 Å². The molecule has 1 unspecified atom stereocenters. The van der Waals surface area contributed by atoms with E-state index in [1.165, 1.54) is 12.1 Å². The van der Waals surface area contributed by atoms with E-state index in [4.69, 9.17) is 15.2 Å². The van der Waals surface area contributed by atoms with Crippen molar-refractivity contribution in [1.82, 2.24) is 0 Å². The predicted molar refractivity (Wildman–Crippen MR) is 86.0 cm³/mol. The lowest BCUT2D eigenvalue weighted by Gasteiger charge is -2.19. The third-order valence-corrected chi connectivity index (χ3v) is 3.72. The summed E-state index contributed by atoms with van der Waals surface area (Å²) in [6.45, 7) is 2.65. The second kappa shape index (κ2) is 7.92. The number of ether oxygens (including phenoxy) is 2. The highest BCUT2D eigenvalue weighted by Crippen LogP contribution is 2.34. The van der Waals surface area contributed by atoms with Gasteiger partial charge in [-0.15, -0.1) is 0 Å². The first-order chi connectivity index (χ1) is 11.1. The number of nitrogens with two attached hydrogens (primary N) is 1. The van der Waals surface area contributed by atoms with Gasteiger partial charge in [0.2, 0.25) is 0 Å². The van der Waals surface area contributed by atoms with Crippen LogP contribution in [-0.4, -0.2) is 20.3 Å². The second-order valence-electron chi connectivity index (χ2n) is 5.18. The molecular formula is C18H21F2NO2. The van der Waals surface area contributed by atoms with Crippen LogP contribution in [0.3, 0.4) is 0 Å². The summed E-state index contributed by atoms with van der Waals surface area (Å²) in [5, 5.41) is 0. The fourth-order valence-corrected chi connectivity index (χ4v) is 2.64. The maximum atomic E-state index is 14.0. The molecule has 0 aliphatic carbocycles. The van der Waals surface area contributed by atoms with E-state index in [2.05, 4.69) is 0 Å². The molecule has 2 N–H and O–H groups in total. The fourth-order valence-electron chi connectivity index (χ4n) is 2.64. The molecule has 0 aromatic heterocycles. The maximum absolute atomic E-state index is 14.0. The Balaban J connectivity index is 2.33. The molecule has 3 nitrogen and oxygen atoms in total. The normalized spacial score (nSPS) is 12.0. The van der Waals surface area contributed by atoms with Crippen LogP contribution in [0.5, 0.6) is 11.5 Å². The molecule has 0 fully saturated rings. The molecule has 5 heteroatoms. The molecule has 2 aromatic carbocycles. The summed E-state index contributed by atoms with van der Waals surface area (Å²) in [6, 6.07) is 9.15.